The summed E-state index contributed by atoms with van der Waals surface area (Å²) in [4.78, 5) is 28.7. The highest BCUT2D eigenvalue weighted by molar-refractivity contribution is 8.00. The van der Waals surface area contributed by atoms with E-state index in [9.17, 15) is 9.59 Å². The van der Waals surface area contributed by atoms with Gasteiger partial charge in [0, 0.05) is 11.4 Å². The molecule has 2 aromatic rings. The normalized spacial score (nSPS) is 15.0. The fourth-order valence-electron chi connectivity index (χ4n) is 3.67. The van der Waals surface area contributed by atoms with E-state index in [-0.39, 0.29) is 17.2 Å². The Morgan fingerprint density at radius 2 is 1.87 bits per heavy atom. The molecule has 5 heteroatoms. The van der Waals surface area contributed by atoms with Gasteiger partial charge in [-0.25, -0.2) is 0 Å². The minimum Gasteiger partial charge on any atom is -0.354 e. The van der Waals surface area contributed by atoms with Crippen LogP contribution in [0, 0.1) is 6.92 Å². The van der Waals surface area contributed by atoms with Crippen LogP contribution in [-0.4, -0.2) is 30.2 Å². The molecule has 30 heavy (non-hydrogen) atoms. The van der Waals surface area contributed by atoms with Gasteiger partial charge in [-0.2, -0.15) is 0 Å². The fourth-order valence-corrected chi connectivity index (χ4v) is 4.55. The molecule has 4 nitrogen and oxygen atoms in total. The highest BCUT2D eigenvalue weighted by Crippen LogP contribution is 2.39. The molecule has 1 atom stereocenters. The zero-order chi connectivity index (χ0) is 21.9. The number of carbonyl (C=O) groups excluding carboxylic acids is 2. The van der Waals surface area contributed by atoms with Crippen molar-refractivity contribution in [1.29, 1.82) is 0 Å². The highest BCUT2D eigenvalue weighted by Gasteiger charge is 2.34. The minimum absolute atomic E-state index is 0.000839. The van der Waals surface area contributed by atoms with Crippen LogP contribution in [0.3, 0.4) is 0 Å². The summed E-state index contributed by atoms with van der Waals surface area (Å²) >= 11 is 1.55. The van der Waals surface area contributed by atoms with E-state index in [2.05, 4.69) is 75.5 Å². The molecule has 0 aromatic heterocycles. The van der Waals surface area contributed by atoms with E-state index in [4.69, 9.17) is 0 Å². The number of hydrogen-bond donors (Lipinski definition) is 1. The van der Waals surface area contributed by atoms with E-state index in [1.54, 1.807) is 16.7 Å². The van der Waals surface area contributed by atoms with Gasteiger partial charge in [0.15, 0.2) is 0 Å². The molecule has 0 unspecified atom stereocenters. The van der Waals surface area contributed by atoms with E-state index in [1.807, 2.05) is 6.92 Å². The molecule has 1 N–H and O–H groups in total. The van der Waals surface area contributed by atoms with Crippen molar-refractivity contribution in [2.24, 2.45) is 0 Å². The van der Waals surface area contributed by atoms with Crippen molar-refractivity contribution < 1.29 is 9.59 Å². The summed E-state index contributed by atoms with van der Waals surface area (Å²) in [5.41, 5.74) is 4.42. The lowest BCUT2D eigenvalue weighted by molar-refractivity contribution is -0.125. The van der Waals surface area contributed by atoms with Gasteiger partial charge in [-0.15, -0.1) is 11.8 Å². The number of fused-ring (bicyclic) bond motifs is 1. The first-order chi connectivity index (χ1) is 14.2. The summed E-state index contributed by atoms with van der Waals surface area (Å²) in [7, 11) is 0. The molecular weight excluding hydrogens is 392 g/mol. The Labute approximate surface area is 184 Å². The molecule has 0 saturated heterocycles. The molecule has 0 fully saturated rings. The van der Waals surface area contributed by atoms with Gasteiger partial charge in [-0.1, -0.05) is 63.6 Å². The quantitative estimate of drug-likeness (QED) is 0.720. The van der Waals surface area contributed by atoms with E-state index in [0.717, 1.165) is 22.6 Å². The Morgan fingerprint density at radius 3 is 2.50 bits per heavy atom. The Morgan fingerprint density at radius 1 is 1.17 bits per heavy atom. The van der Waals surface area contributed by atoms with Gasteiger partial charge in [-0.05, 0) is 48.4 Å². The van der Waals surface area contributed by atoms with Gasteiger partial charge in [0.25, 0.3) is 0 Å². The maximum absolute atomic E-state index is 13.0. The van der Waals surface area contributed by atoms with E-state index >= 15 is 0 Å². The summed E-state index contributed by atoms with van der Waals surface area (Å²) in [5, 5.41) is 3.05. The lowest BCUT2D eigenvalue weighted by atomic mass is 9.86. The number of carbonyl (C=O) groups is 2. The number of amides is 2. The van der Waals surface area contributed by atoms with Crippen LogP contribution in [0.15, 0.2) is 47.4 Å². The van der Waals surface area contributed by atoms with Crippen molar-refractivity contribution in [3.63, 3.8) is 0 Å². The largest absolute Gasteiger partial charge is 0.354 e. The van der Waals surface area contributed by atoms with E-state index in [0.29, 0.717) is 18.7 Å². The molecule has 2 aromatic carbocycles. The second kappa shape index (κ2) is 9.25. The number of rotatable bonds is 6. The fraction of sp³-hybridized carbons (Fsp3) is 0.440. The van der Waals surface area contributed by atoms with Crippen molar-refractivity contribution in [3.05, 3.63) is 59.2 Å². The molecule has 1 aliphatic heterocycles. The molecule has 0 radical (unpaired) electrons. The zero-order valence-corrected chi connectivity index (χ0v) is 19.4. The molecule has 0 spiro atoms. The SMILES string of the molecule is CC[C@@H](C(=O)NCCc1ccc(C)cc1)N1C(=O)CSc2ccc(C(C)(C)C)cc21. The average molecular weight is 425 g/mol. The lowest BCUT2D eigenvalue weighted by Crippen LogP contribution is -2.51. The van der Waals surface area contributed by atoms with Gasteiger partial charge in [-0.3, -0.25) is 14.5 Å². The summed E-state index contributed by atoms with van der Waals surface area (Å²) < 4.78 is 0. The second-order valence-electron chi connectivity index (χ2n) is 8.94. The van der Waals surface area contributed by atoms with Crippen LogP contribution in [0.5, 0.6) is 0 Å². The third kappa shape index (κ3) is 5.07. The van der Waals surface area contributed by atoms with Gasteiger partial charge in [0.2, 0.25) is 11.8 Å². The maximum atomic E-state index is 13.0. The lowest BCUT2D eigenvalue weighted by Gasteiger charge is -2.35. The standard InChI is InChI=1S/C25H32N2O2S/c1-6-20(24(29)26-14-13-18-9-7-17(2)8-10-18)27-21-15-19(25(3,4)5)11-12-22(21)30-16-23(27)28/h7-12,15,20H,6,13-14,16H2,1-5H3,(H,26,29)/t20-/m0/s1. The van der Waals surface area contributed by atoms with Crippen molar-refractivity contribution >= 4 is 29.3 Å². The van der Waals surface area contributed by atoms with Gasteiger partial charge in [0.1, 0.15) is 6.04 Å². The average Bonchev–Trinajstić information content (AvgIpc) is 2.70. The Bertz CT molecular complexity index is 916. The number of benzene rings is 2. The van der Waals surface area contributed by atoms with Crippen molar-refractivity contribution in [3.8, 4) is 0 Å². The van der Waals surface area contributed by atoms with E-state index in [1.165, 1.54) is 11.1 Å². The van der Waals surface area contributed by atoms with Crippen LogP contribution in [0.2, 0.25) is 0 Å². The number of nitrogens with zero attached hydrogens (tertiary/aromatic N) is 1. The molecular formula is C25H32N2O2S. The monoisotopic (exact) mass is 424 g/mol. The first-order valence-corrected chi connectivity index (χ1v) is 11.6. The molecule has 1 aliphatic rings. The number of hydrogen-bond acceptors (Lipinski definition) is 3. The zero-order valence-electron chi connectivity index (χ0n) is 18.6. The third-order valence-electron chi connectivity index (χ3n) is 5.54. The Balaban J connectivity index is 1.77. The number of aryl methyl sites for hydroxylation is 1. The molecule has 3 rings (SSSR count). The van der Waals surface area contributed by atoms with Crippen molar-refractivity contribution in [2.75, 3.05) is 17.2 Å². The number of anilines is 1. The molecule has 2 amide bonds. The topological polar surface area (TPSA) is 49.4 Å². The smallest absolute Gasteiger partial charge is 0.243 e. The number of thioether (sulfide) groups is 1. The molecule has 160 valence electrons. The van der Waals surface area contributed by atoms with Gasteiger partial charge < -0.3 is 5.32 Å². The van der Waals surface area contributed by atoms with Crippen LogP contribution < -0.4 is 10.2 Å². The first kappa shape index (κ1) is 22.4. The molecule has 0 aliphatic carbocycles. The molecule has 1 heterocycles. The number of nitrogens with one attached hydrogen (secondary N) is 1. The predicted molar refractivity (Wildman–Crippen MR) is 125 cm³/mol. The van der Waals surface area contributed by atoms with Crippen molar-refractivity contribution in [2.45, 2.75) is 63.8 Å². The van der Waals surface area contributed by atoms with Crippen molar-refractivity contribution in [1.82, 2.24) is 5.32 Å². The van der Waals surface area contributed by atoms with Gasteiger partial charge in [0.05, 0.1) is 11.4 Å². The van der Waals surface area contributed by atoms with E-state index < -0.39 is 6.04 Å². The summed E-state index contributed by atoms with van der Waals surface area (Å²) in [6.45, 7) is 11.1. The minimum atomic E-state index is -0.495. The highest BCUT2D eigenvalue weighted by atomic mass is 32.2. The van der Waals surface area contributed by atoms with Crippen LogP contribution >= 0.6 is 11.8 Å². The maximum Gasteiger partial charge on any atom is 0.243 e. The van der Waals surface area contributed by atoms with Crippen LogP contribution in [0.1, 0.15) is 50.8 Å². The third-order valence-corrected chi connectivity index (χ3v) is 6.59. The first-order valence-electron chi connectivity index (χ1n) is 10.6. The summed E-state index contributed by atoms with van der Waals surface area (Å²) in [5.74, 6) is 0.283. The van der Waals surface area contributed by atoms with Crippen LogP contribution in [-0.2, 0) is 21.4 Å². The Kier molecular flexibility index (Phi) is 6.91. The van der Waals surface area contributed by atoms with Crippen LogP contribution in [0.25, 0.3) is 0 Å². The summed E-state index contributed by atoms with van der Waals surface area (Å²) in [6.07, 6.45) is 1.35. The summed E-state index contributed by atoms with van der Waals surface area (Å²) in [6, 6.07) is 14.2. The second-order valence-corrected chi connectivity index (χ2v) is 9.95. The van der Waals surface area contributed by atoms with Crippen LogP contribution in [0.4, 0.5) is 5.69 Å². The molecule has 0 saturated carbocycles. The molecule has 0 bridgehead atoms. The Hall–Kier alpha value is -2.27. The predicted octanol–water partition coefficient (Wildman–Crippen LogP) is 4.87. The van der Waals surface area contributed by atoms with Gasteiger partial charge >= 0.3 is 0 Å².